The van der Waals surface area contributed by atoms with Crippen LogP contribution in [-0.2, 0) is 6.54 Å². The highest BCUT2D eigenvalue weighted by Gasteiger charge is 2.25. The first-order chi connectivity index (χ1) is 24.0. The fraction of sp³-hybridized carbons (Fsp3) is 0.275. The van der Waals surface area contributed by atoms with Crippen molar-refractivity contribution >= 4 is 11.6 Å². The Balaban J connectivity index is 0.000000244. The summed E-state index contributed by atoms with van der Waals surface area (Å²) in [5.74, 6) is -1.15. The van der Waals surface area contributed by atoms with E-state index in [-0.39, 0.29) is 46.9 Å². The first kappa shape index (κ1) is 37.7. The molecule has 5 aromatic rings. The number of nitriles is 1. The van der Waals surface area contributed by atoms with E-state index in [2.05, 4.69) is 21.0 Å². The molecule has 0 fully saturated rings. The highest BCUT2D eigenvalue weighted by molar-refractivity contribution is 6.09. The molecule has 0 aliphatic heterocycles. The van der Waals surface area contributed by atoms with E-state index in [4.69, 9.17) is 5.26 Å². The molecule has 0 saturated carbocycles. The van der Waals surface area contributed by atoms with Crippen LogP contribution in [0.25, 0.3) is 0 Å². The molecule has 262 valence electrons. The van der Waals surface area contributed by atoms with Crippen LogP contribution in [0.2, 0.25) is 0 Å². The lowest BCUT2D eigenvalue weighted by molar-refractivity contribution is 0.102. The number of hydrogen-bond acceptors (Lipinski definition) is 7. The lowest BCUT2D eigenvalue weighted by Crippen LogP contribution is -2.38. The molecule has 3 aromatic carbocycles. The number of hydrogen-bond donors (Lipinski definition) is 3. The molecule has 0 spiro atoms. The minimum Gasteiger partial charge on any atom is -0.304 e. The molecule has 51 heavy (non-hydrogen) atoms. The van der Waals surface area contributed by atoms with Gasteiger partial charge >= 0.3 is 11.4 Å². The Bertz CT molecular complexity index is 2400. The van der Waals surface area contributed by atoms with Gasteiger partial charge in [-0.1, -0.05) is 74.2 Å². The van der Waals surface area contributed by atoms with Crippen molar-refractivity contribution in [3.05, 3.63) is 169 Å². The average molecular weight is 688 g/mol. The van der Waals surface area contributed by atoms with E-state index in [1.165, 1.54) is 4.57 Å². The standard InChI is InChI=1S/C24H23N3O3.C16H18N2O3/c1-14(2)20-21(22(28)19-9-15(3)8-16(4)10-19)27(24(30)26-23(20)29)13-18-7-5-6-17(11-18)12-25;1-8(2)12-13(17-16(21)18-15(12)20)14(19)11-6-9(3)5-10(4)7-11/h5-11,14H,13H2,1-4H3,(H,26,29,30);5-8H,1-4H3,(H2,17,18,20,21). The second-order valence-corrected chi connectivity index (χ2v) is 13.3. The number of nitrogens with one attached hydrogen (secondary N) is 3. The number of H-pyrrole nitrogens is 3. The summed E-state index contributed by atoms with van der Waals surface area (Å²) in [7, 11) is 0. The third kappa shape index (κ3) is 8.72. The molecule has 5 rings (SSSR count). The highest BCUT2D eigenvalue weighted by atomic mass is 16.2. The lowest BCUT2D eigenvalue weighted by Gasteiger charge is -2.18. The van der Waals surface area contributed by atoms with Gasteiger partial charge in [0.25, 0.3) is 11.1 Å². The number of aromatic nitrogens is 4. The van der Waals surface area contributed by atoms with Crippen molar-refractivity contribution in [2.75, 3.05) is 0 Å². The molecular weight excluding hydrogens is 646 g/mol. The average Bonchev–Trinajstić information content (AvgIpc) is 3.03. The largest absolute Gasteiger partial charge is 0.329 e. The van der Waals surface area contributed by atoms with Crippen LogP contribution in [0, 0.1) is 39.0 Å². The SMILES string of the molecule is Cc1cc(C)cc(C(=O)c2[nH]c(=O)[nH]c(=O)c2C(C)C)c1.Cc1cc(C)cc(C(=O)c2c(C(C)C)c(=O)[nH]c(=O)n2Cc2cccc(C#N)c2)c1. The maximum Gasteiger partial charge on any atom is 0.329 e. The predicted molar refractivity (Wildman–Crippen MR) is 196 cm³/mol. The van der Waals surface area contributed by atoms with Crippen LogP contribution in [0.4, 0.5) is 0 Å². The monoisotopic (exact) mass is 687 g/mol. The number of carbonyl (C=O) groups is 2. The summed E-state index contributed by atoms with van der Waals surface area (Å²) in [5, 5.41) is 9.16. The Morgan fingerprint density at radius 3 is 1.71 bits per heavy atom. The van der Waals surface area contributed by atoms with Crippen molar-refractivity contribution in [2.24, 2.45) is 0 Å². The molecule has 0 amide bonds. The minimum atomic E-state index is -0.669. The summed E-state index contributed by atoms with van der Waals surface area (Å²) >= 11 is 0. The second-order valence-electron chi connectivity index (χ2n) is 13.3. The second kappa shape index (κ2) is 15.6. The number of benzene rings is 3. The van der Waals surface area contributed by atoms with E-state index >= 15 is 0 Å². The third-order valence-electron chi connectivity index (χ3n) is 8.18. The van der Waals surface area contributed by atoms with Gasteiger partial charge in [-0.15, -0.1) is 0 Å². The number of aryl methyl sites for hydroxylation is 4. The van der Waals surface area contributed by atoms with E-state index in [9.17, 15) is 28.8 Å². The minimum absolute atomic E-state index is 0.0662. The maximum absolute atomic E-state index is 13.5. The Kier molecular flexibility index (Phi) is 11.5. The molecule has 0 unspecified atom stereocenters. The number of carbonyl (C=O) groups excluding carboxylic acids is 2. The zero-order valence-corrected chi connectivity index (χ0v) is 30.0. The van der Waals surface area contributed by atoms with Crippen LogP contribution in [0.5, 0.6) is 0 Å². The summed E-state index contributed by atoms with van der Waals surface area (Å²) in [4.78, 5) is 82.0. The topological polar surface area (TPSA) is 179 Å². The molecule has 0 radical (unpaired) electrons. The molecule has 3 N–H and O–H groups in total. The molecule has 11 heteroatoms. The Hall–Kier alpha value is -6.15. The lowest BCUT2D eigenvalue weighted by atomic mass is 9.95. The summed E-state index contributed by atoms with van der Waals surface area (Å²) in [6.45, 7) is 14.9. The van der Waals surface area contributed by atoms with Gasteiger partial charge in [0.1, 0.15) is 5.69 Å². The van der Waals surface area contributed by atoms with Gasteiger partial charge < -0.3 is 4.98 Å². The van der Waals surface area contributed by atoms with Gasteiger partial charge in [0.05, 0.1) is 23.9 Å². The van der Waals surface area contributed by atoms with Crippen molar-refractivity contribution < 1.29 is 9.59 Å². The van der Waals surface area contributed by atoms with Crippen molar-refractivity contribution in [3.8, 4) is 6.07 Å². The Morgan fingerprint density at radius 2 is 1.20 bits per heavy atom. The molecule has 2 heterocycles. The van der Waals surface area contributed by atoms with E-state index in [0.29, 0.717) is 27.8 Å². The van der Waals surface area contributed by atoms with E-state index < -0.39 is 22.5 Å². The van der Waals surface area contributed by atoms with Gasteiger partial charge in [-0.3, -0.25) is 33.7 Å². The number of rotatable bonds is 8. The molecule has 0 bridgehead atoms. The summed E-state index contributed by atoms with van der Waals surface area (Å²) in [6.07, 6.45) is 0. The van der Waals surface area contributed by atoms with Crippen molar-refractivity contribution in [1.29, 1.82) is 5.26 Å². The van der Waals surface area contributed by atoms with Crippen LogP contribution in [0.3, 0.4) is 0 Å². The normalized spacial score (nSPS) is 10.8. The summed E-state index contributed by atoms with van der Waals surface area (Å²) in [6, 6.07) is 19.8. The van der Waals surface area contributed by atoms with Gasteiger partial charge in [0.15, 0.2) is 0 Å². The van der Waals surface area contributed by atoms with Gasteiger partial charge in [-0.2, -0.15) is 5.26 Å². The molecule has 0 aliphatic carbocycles. The highest BCUT2D eigenvalue weighted by Crippen LogP contribution is 2.21. The fourth-order valence-electron chi connectivity index (χ4n) is 6.16. The van der Waals surface area contributed by atoms with E-state index in [1.807, 2.05) is 53.7 Å². The van der Waals surface area contributed by atoms with Crippen LogP contribution in [0.15, 0.2) is 79.8 Å². The quantitative estimate of drug-likeness (QED) is 0.181. The molecular formula is C40H41N5O6. The van der Waals surface area contributed by atoms with Gasteiger partial charge in [0.2, 0.25) is 11.6 Å². The van der Waals surface area contributed by atoms with Gasteiger partial charge in [0, 0.05) is 22.3 Å². The molecule has 0 aliphatic rings. The Labute approximate surface area is 294 Å². The zero-order chi connectivity index (χ0) is 37.7. The third-order valence-corrected chi connectivity index (χ3v) is 8.18. The number of aromatic amines is 3. The molecule has 11 nitrogen and oxygen atoms in total. The number of ketones is 2. The maximum atomic E-state index is 13.5. The predicted octanol–water partition coefficient (Wildman–Crippen LogP) is 5.46. The molecule has 0 saturated heterocycles. The van der Waals surface area contributed by atoms with Crippen LogP contribution in [0.1, 0.15) is 116 Å². The van der Waals surface area contributed by atoms with Crippen LogP contribution >= 0.6 is 0 Å². The summed E-state index contributed by atoms with van der Waals surface area (Å²) in [5.41, 5.74) is 4.15. The van der Waals surface area contributed by atoms with Crippen LogP contribution in [-0.4, -0.2) is 31.1 Å². The first-order valence-electron chi connectivity index (χ1n) is 16.5. The van der Waals surface area contributed by atoms with Crippen molar-refractivity contribution in [2.45, 2.75) is 73.8 Å². The first-order valence-corrected chi connectivity index (χ1v) is 16.5. The van der Waals surface area contributed by atoms with E-state index in [1.54, 1.807) is 62.4 Å². The van der Waals surface area contributed by atoms with Crippen molar-refractivity contribution in [3.63, 3.8) is 0 Å². The number of nitrogens with zero attached hydrogens (tertiary/aromatic N) is 2. The Morgan fingerprint density at radius 1 is 0.686 bits per heavy atom. The van der Waals surface area contributed by atoms with Crippen LogP contribution < -0.4 is 22.5 Å². The van der Waals surface area contributed by atoms with E-state index in [0.717, 1.165) is 22.3 Å². The smallest absolute Gasteiger partial charge is 0.304 e. The fourth-order valence-corrected chi connectivity index (χ4v) is 6.16. The zero-order valence-electron chi connectivity index (χ0n) is 30.0. The van der Waals surface area contributed by atoms with Gasteiger partial charge in [-0.25, -0.2) is 9.59 Å². The molecule has 2 aromatic heterocycles. The van der Waals surface area contributed by atoms with Gasteiger partial charge in [-0.05, 0) is 81.5 Å². The van der Waals surface area contributed by atoms with Crippen molar-refractivity contribution in [1.82, 2.24) is 19.5 Å². The molecule has 0 atom stereocenters. The summed E-state index contributed by atoms with van der Waals surface area (Å²) < 4.78 is 1.30.